The van der Waals surface area contributed by atoms with Gasteiger partial charge in [-0.05, 0) is 107 Å². The molecule has 0 atom stereocenters. The summed E-state index contributed by atoms with van der Waals surface area (Å²) >= 11 is 2.97. The molecule has 6 rings (SSSR count). The second-order valence-electron chi connectivity index (χ2n) is 10.9. The molecule has 2 aliphatic carbocycles. The molecular formula is C33H34O3S2. The van der Waals surface area contributed by atoms with E-state index in [9.17, 15) is 15.0 Å². The third-order valence-corrected chi connectivity index (χ3v) is 10.3. The Kier molecular flexibility index (Phi) is 7.40. The number of ketones is 1. The summed E-state index contributed by atoms with van der Waals surface area (Å²) in [5, 5.41) is 25.2. The minimum absolute atomic E-state index is 0.0413. The Morgan fingerprint density at radius 3 is 1.45 bits per heavy atom. The summed E-state index contributed by atoms with van der Waals surface area (Å²) in [5.74, 6) is 1.55. The zero-order chi connectivity index (χ0) is 26.1. The maximum Gasteiger partial charge on any atom is 0.214 e. The zero-order valence-electron chi connectivity index (χ0n) is 21.6. The molecule has 2 aliphatic rings. The van der Waals surface area contributed by atoms with E-state index in [-0.39, 0.29) is 5.78 Å². The maximum atomic E-state index is 14.0. The fraction of sp³-hybridized carbons (Fsp3) is 0.364. The van der Waals surface area contributed by atoms with Crippen molar-refractivity contribution in [3.05, 3.63) is 80.2 Å². The van der Waals surface area contributed by atoms with E-state index in [0.717, 1.165) is 68.8 Å². The minimum atomic E-state index is 0.0413. The standard InChI is InChI=1S/C33H34O3S2/c34-29-13-11-23(19-27(29)21-7-3-1-4-8-21)25-15-17-37-32(25)31(36)33-26(16-18-38-33)24-12-14-30(35)28(20-24)22-9-5-2-6-10-22/h11-22,34-35H,1-10H2. The van der Waals surface area contributed by atoms with Crippen LogP contribution in [0.1, 0.15) is 102 Å². The van der Waals surface area contributed by atoms with Crippen LogP contribution in [0.4, 0.5) is 0 Å². The molecule has 2 aromatic heterocycles. The number of hydrogen-bond donors (Lipinski definition) is 2. The molecule has 0 bridgehead atoms. The topological polar surface area (TPSA) is 57.5 Å². The van der Waals surface area contributed by atoms with Crippen LogP contribution < -0.4 is 0 Å². The summed E-state index contributed by atoms with van der Waals surface area (Å²) in [6.07, 6.45) is 11.8. The molecule has 2 aromatic carbocycles. The molecule has 0 unspecified atom stereocenters. The van der Waals surface area contributed by atoms with Gasteiger partial charge in [0.15, 0.2) is 0 Å². The molecule has 4 aromatic rings. The summed E-state index contributed by atoms with van der Waals surface area (Å²) < 4.78 is 0. The van der Waals surface area contributed by atoms with Crippen LogP contribution in [0.2, 0.25) is 0 Å². The first-order chi connectivity index (χ1) is 18.6. The first kappa shape index (κ1) is 25.4. The van der Waals surface area contributed by atoms with E-state index in [1.54, 1.807) is 12.1 Å². The predicted octanol–water partition coefficient (Wildman–Crippen LogP) is 9.88. The average molecular weight is 543 g/mol. The summed E-state index contributed by atoms with van der Waals surface area (Å²) in [5.41, 5.74) is 5.89. The molecule has 3 nitrogen and oxygen atoms in total. The molecule has 2 N–H and O–H groups in total. The molecule has 0 spiro atoms. The number of phenols is 2. The van der Waals surface area contributed by atoms with Crippen LogP contribution in [0, 0.1) is 0 Å². The normalized spacial score (nSPS) is 17.1. The molecule has 2 saturated carbocycles. The highest BCUT2D eigenvalue weighted by molar-refractivity contribution is 7.16. The summed E-state index contributed by atoms with van der Waals surface area (Å²) in [4.78, 5) is 15.5. The highest BCUT2D eigenvalue weighted by Crippen LogP contribution is 2.43. The number of carbonyl (C=O) groups excluding carboxylic acids is 1. The predicted molar refractivity (Wildman–Crippen MR) is 158 cm³/mol. The third kappa shape index (κ3) is 4.94. The second kappa shape index (κ2) is 11.1. The molecule has 5 heteroatoms. The van der Waals surface area contributed by atoms with Crippen molar-refractivity contribution >= 4 is 28.5 Å². The summed E-state index contributed by atoms with van der Waals surface area (Å²) in [7, 11) is 0. The Morgan fingerprint density at radius 1 is 0.605 bits per heavy atom. The van der Waals surface area contributed by atoms with Gasteiger partial charge in [-0.1, -0.05) is 50.7 Å². The number of thiophene rings is 2. The Balaban J connectivity index is 1.33. The van der Waals surface area contributed by atoms with E-state index < -0.39 is 0 Å². The SMILES string of the molecule is O=C(c1sccc1-c1ccc(O)c(C2CCCCC2)c1)c1sccc1-c1ccc(O)c(C2CCCCC2)c1. The van der Waals surface area contributed by atoms with Crippen molar-refractivity contribution in [1.82, 2.24) is 0 Å². The molecule has 0 aliphatic heterocycles. The van der Waals surface area contributed by atoms with E-state index in [4.69, 9.17) is 0 Å². The van der Waals surface area contributed by atoms with Crippen molar-refractivity contribution in [3.8, 4) is 33.8 Å². The van der Waals surface area contributed by atoms with E-state index in [0.29, 0.717) is 23.3 Å². The maximum absolute atomic E-state index is 14.0. The van der Waals surface area contributed by atoms with E-state index in [1.807, 2.05) is 35.0 Å². The fourth-order valence-corrected chi connectivity index (χ4v) is 8.24. The Morgan fingerprint density at radius 2 is 1.03 bits per heavy atom. The molecule has 2 heterocycles. The van der Waals surface area contributed by atoms with Crippen molar-refractivity contribution in [2.45, 2.75) is 76.0 Å². The molecule has 0 saturated heterocycles. The van der Waals surface area contributed by atoms with Gasteiger partial charge < -0.3 is 10.2 Å². The molecule has 2 fully saturated rings. The van der Waals surface area contributed by atoms with Gasteiger partial charge in [0.05, 0.1) is 9.75 Å². The Hall–Kier alpha value is -2.89. The smallest absolute Gasteiger partial charge is 0.214 e. The van der Waals surface area contributed by atoms with Crippen molar-refractivity contribution in [2.75, 3.05) is 0 Å². The quantitative estimate of drug-likeness (QED) is 0.238. The zero-order valence-corrected chi connectivity index (χ0v) is 23.3. The largest absolute Gasteiger partial charge is 0.508 e. The number of aromatic hydroxyl groups is 2. The lowest BCUT2D eigenvalue weighted by Crippen LogP contribution is -2.05. The van der Waals surface area contributed by atoms with Gasteiger partial charge >= 0.3 is 0 Å². The number of hydrogen-bond acceptors (Lipinski definition) is 5. The van der Waals surface area contributed by atoms with Gasteiger partial charge in [0, 0.05) is 11.1 Å². The van der Waals surface area contributed by atoms with E-state index in [1.165, 1.54) is 61.2 Å². The second-order valence-corrected chi connectivity index (χ2v) is 12.7. The summed E-state index contributed by atoms with van der Waals surface area (Å²) in [6.45, 7) is 0. The lowest BCUT2D eigenvalue weighted by Gasteiger charge is -2.23. The molecule has 38 heavy (non-hydrogen) atoms. The minimum Gasteiger partial charge on any atom is -0.508 e. The number of rotatable bonds is 6. The van der Waals surface area contributed by atoms with Crippen LogP contribution in [0.5, 0.6) is 11.5 Å². The molecule has 0 radical (unpaired) electrons. The first-order valence-electron chi connectivity index (χ1n) is 14.0. The van der Waals surface area contributed by atoms with Gasteiger partial charge in [0.2, 0.25) is 5.78 Å². The monoisotopic (exact) mass is 542 g/mol. The van der Waals surface area contributed by atoms with Gasteiger partial charge in [-0.15, -0.1) is 22.7 Å². The summed E-state index contributed by atoms with van der Waals surface area (Å²) in [6, 6.07) is 15.7. The molecule has 196 valence electrons. The van der Waals surface area contributed by atoms with Gasteiger partial charge in [0.1, 0.15) is 11.5 Å². The highest BCUT2D eigenvalue weighted by Gasteiger charge is 2.25. The molecule has 0 amide bonds. The van der Waals surface area contributed by atoms with Crippen molar-refractivity contribution in [1.29, 1.82) is 0 Å². The molecular weight excluding hydrogens is 508 g/mol. The first-order valence-corrected chi connectivity index (χ1v) is 15.7. The van der Waals surface area contributed by atoms with E-state index >= 15 is 0 Å². The Bertz CT molecular complexity index is 1330. The van der Waals surface area contributed by atoms with Crippen LogP contribution >= 0.6 is 22.7 Å². The van der Waals surface area contributed by atoms with Gasteiger partial charge in [-0.2, -0.15) is 0 Å². The van der Waals surface area contributed by atoms with Gasteiger partial charge in [0.25, 0.3) is 0 Å². The van der Waals surface area contributed by atoms with E-state index in [2.05, 4.69) is 12.1 Å². The third-order valence-electron chi connectivity index (χ3n) is 8.51. The number of benzene rings is 2. The van der Waals surface area contributed by atoms with Crippen LogP contribution in [-0.4, -0.2) is 16.0 Å². The fourth-order valence-electron chi connectivity index (χ4n) is 6.45. The lowest BCUT2D eigenvalue weighted by atomic mass is 9.82. The highest BCUT2D eigenvalue weighted by atomic mass is 32.1. The van der Waals surface area contributed by atoms with Crippen LogP contribution in [0.25, 0.3) is 22.3 Å². The lowest BCUT2D eigenvalue weighted by molar-refractivity contribution is 0.104. The number of carbonyl (C=O) groups is 1. The van der Waals surface area contributed by atoms with Crippen molar-refractivity contribution < 1.29 is 15.0 Å². The average Bonchev–Trinajstić information content (AvgIpc) is 3.65. The van der Waals surface area contributed by atoms with Crippen molar-refractivity contribution in [2.24, 2.45) is 0 Å². The van der Waals surface area contributed by atoms with Crippen molar-refractivity contribution in [3.63, 3.8) is 0 Å². The van der Waals surface area contributed by atoms with Crippen LogP contribution in [0.15, 0.2) is 59.3 Å². The Labute approximate surface area is 232 Å². The van der Waals surface area contributed by atoms with Crippen LogP contribution in [0.3, 0.4) is 0 Å². The van der Waals surface area contributed by atoms with Gasteiger partial charge in [-0.25, -0.2) is 0 Å². The van der Waals surface area contributed by atoms with Gasteiger partial charge in [-0.3, -0.25) is 4.79 Å². The van der Waals surface area contributed by atoms with Crippen LogP contribution in [-0.2, 0) is 0 Å². The number of phenolic OH excluding ortho intramolecular Hbond substituents is 2.